The summed E-state index contributed by atoms with van der Waals surface area (Å²) in [5, 5.41) is 11.7. The molecule has 0 radical (unpaired) electrons. The van der Waals surface area contributed by atoms with Gasteiger partial charge in [-0.3, -0.25) is 4.79 Å². The number of anilines is 2. The Kier molecular flexibility index (Phi) is 7.27. The van der Waals surface area contributed by atoms with E-state index in [4.69, 9.17) is 20.6 Å². The molecular formula is C26H22F3N5O5. The number of nitrogens with two attached hydrogens (primary N) is 2. The fourth-order valence-electron chi connectivity index (χ4n) is 3.62. The molecule has 2 heterocycles. The number of nitrogen functional groups attached to an aromatic ring is 1. The summed E-state index contributed by atoms with van der Waals surface area (Å²) in [6, 6.07) is 15.2. The second kappa shape index (κ2) is 10.5. The average molecular weight is 541 g/mol. The van der Waals surface area contributed by atoms with Gasteiger partial charge in [-0.15, -0.1) is 0 Å². The van der Waals surface area contributed by atoms with Crippen molar-refractivity contribution < 1.29 is 37.0 Å². The van der Waals surface area contributed by atoms with E-state index in [0.717, 1.165) is 12.1 Å². The first-order chi connectivity index (χ1) is 18.4. The number of carbonyl (C=O) groups excluding carboxylic acids is 1. The molecule has 0 fully saturated rings. The van der Waals surface area contributed by atoms with Crippen molar-refractivity contribution in [2.45, 2.75) is 24.7 Å². The fourth-order valence-corrected chi connectivity index (χ4v) is 3.62. The van der Waals surface area contributed by atoms with Crippen LogP contribution in [0, 0.1) is 0 Å². The maximum absolute atomic E-state index is 14.2. The van der Waals surface area contributed by atoms with E-state index in [0.29, 0.717) is 11.1 Å². The maximum Gasteiger partial charge on any atom is 0.429 e. The van der Waals surface area contributed by atoms with Crippen LogP contribution >= 0.6 is 0 Å². The van der Waals surface area contributed by atoms with Gasteiger partial charge < -0.3 is 31.0 Å². The van der Waals surface area contributed by atoms with E-state index >= 15 is 0 Å². The summed E-state index contributed by atoms with van der Waals surface area (Å²) >= 11 is 0. The van der Waals surface area contributed by atoms with Gasteiger partial charge in [-0.2, -0.15) is 18.2 Å². The Hall–Kier alpha value is -4.91. The van der Waals surface area contributed by atoms with Crippen molar-refractivity contribution in [2.24, 2.45) is 5.73 Å². The Morgan fingerprint density at radius 3 is 2.36 bits per heavy atom. The Morgan fingerprint density at radius 2 is 1.74 bits per heavy atom. The monoisotopic (exact) mass is 541 g/mol. The number of benzene rings is 2. The van der Waals surface area contributed by atoms with Crippen LogP contribution in [-0.4, -0.2) is 33.1 Å². The van der Waals surface area contributed by atoms with Gasteiger partial charge in [0.25, 0.3) is 5.91 Å². The lowest BCUT2D eigenvalue weighted by molar-refractivity contribution is -0.198. The highest BCUT2D eigenvalue weighted by molar-refractivity contribution is 6.02. The minimum Gasteiger partial charge on any atom is -0.480 e. The largest absolute Gasteiger partial charge is 0.480 e. The van der Waals surface area contributed by atoms with Gasteiger partial charge in [0.05, 0.1) is 12.0 Å². The van der Waals surface area contributed by atoms with Crippen LogP contribution in [0.4, 0.5) is 24.8 Å². The average Bonchev–Trinajstić information content (AvgIpc) is 3.42. The Bertz CT molecular complexity index is 1490. The summed E-state index contributed by atoms with van der Waals surface area (Å²) in [6.07, 6.45) is -6.20. The molecular weight excluding hydrogens is 519 g/mol. The molecule has 4 aromatic rings. The molecule has 13 heteroatoms. The van der Waals surface area contributed by atoms with Gasteiger partial charge in [-0.25, -0.2) is 9.78 Å². The number of carbonyl (C=O) groups is 2. The number of carboxylic acid groups (broad SMARTS) is 1. The zero-order valence-corrected chi connectivity index (χ0v) is 20.3. The van der Waals surface area contributed by atoms with E-state index in [1.165, 1.54) is 67.8 Å². The van der Waals surface area contributed by atoms with Crippen molar-refractivity contribution in [1.82, 2.24) is 9.97 Å². The number of alkyl halides is 3. The molecule has 0 aliphatic carbocycles. The van der Waals surface area contributed by atoms with E-state index in [1.807, 2.05) is 0 Å². The van der Waals surface area contributed by atoms with Gasteiger partial charge in [0.2, 0.25) is 17.9 Å². The summed E-state index contributed by atoms with van der Waals surface area (Å²) < 4.78 is 53.0. The van der Waals surface area contributed by atoms with Crippen molar-refractivity contribution in [3.63, 3.8) is 0 Å². The highest BCUT2D eigenvalue weighted by Gasteiger charge is 2.45. The molecule has 202 valence electrons. The maximum atomic E-state index is 14.2. The highest BCUT2D eigenvalue weighted by atomic mass is 19.4. The van der Waals surface area contributed by atoms with Gasteiger partial charge in [0, 0.05) is 22.9 Å². The molecule has 0 aliphatic rings. The third-order valence-corrected chi connectivity index (χ3v) is 5.72. The third-order valence-electron chi connectivity index (χ3n) is 5.72. The lowest BCUT2D eigenvalue weighted by Gasteiger charge is -2.24. The topological polar surface area (TPSA) is 167 Å². The molecule has 0 saturated heterocycles. The first-order valence-electron chi connectivity index (χ1n) is 11.3. The van der Waals surface area contributed by atoms with E-state index in [9.17, 15) is 27.9 Å². The van der Waals surface area contributed by atoms with Gasteiger partial charge >= 0.3 is 12.1 Å². The van der Waals surface area contributed by atoms with E-state index in [1.54, 1.807) is 0 Å². The number of ether oxygens (including phenoxy) is 1. The summed E-state index contributed by atoms with van der Waals surface area (Å²) in [5.41, 5.74) is 10.2. The van der Waals surface area contributed by atoms with Crippen LogP contribution in [0.15, 0.2) is 77.4 Å². The number of rotatable bonds is 8. The van der Waals surface area contributed by atoms with Crippen LogP contribution in [0.5, 0.6) is 5.88 Å². The number of furan rings is 1. The number of hydrogen-bond acceptors (Lipinski definition) is 8. The van der Waals surface area contributed by atoms with Crippen LogP contribution in [-0.2, 0) is 10.3 Å². The number of aliphatic carboxylic acids is 1. The van der Waals surface area contributed by atoms with Crippen molar-refractivity contribution >= 4 is 23.5 Å². The molecule has 10 nitrogen and oxygen atoms in total. The molecule has 4 rings (SSSR count). The van der Waals surface area contributed by atoms with Gasteiger partial charge in [0.15, 0.2) is 5.76 Å². The van der Waals surface area contributed by atoms with E-state index in [-0.39, 0.29) is 28.7 Å². The number of carboxylic acids is 1. The Balaban J connectivity index is 1.66. The first kappa shape index (κ1) is 27.1. The van der Waals surface area contributed by atoms with Crippen LogP contribution in [0.3, 0.4) is 0 Å². The number of hydrogen-bond donors (Lipinski definition) is 4. The molecule has 0 spiro atoms. The predicted molar refractivity (Wildman–Crippen MR) is 134 cm³/mol. The molecule has 2 aromatic carbocycles. The number of amides is 1. The molecule has 2 aromatic heterocycles. The lowest BCUT2D eigenvalue weighted by Crippen LogP contribution is -2.41. The summed E-state index contributed by atoms with van der Waals surface area (Å²) in [5.74, 6) is -2.92. The second-order valence-corrected chi connectivity index (χ2v) is 8.59. The summed E-state index contributed by atoms with van der Waals surface area (Å²) in [4.78, 5) is 31.7. The molecule has 6 N–H and O–H groups in total. The number of aromatic nitrogens is 2. The minimum absolute atomic E-state index is 0.0909. The third kappa shape index (κ3) is 5.99. The molecule has 39 heavy (non-hydrogen) atoms. The zero-order valence-electron chi connectivity index (χ0n) is 20.3. The quantitative estimate of drug-likeness (QED) is 0.251. The standard InChI is InChI=1S/C26H22F3N5O5/c1-25(31,23(36)37)15-10-8-14(9-11-15)18-13-20(34-24(30)33-18)39-21(26(27,28)29)16-5-2-3-6-17(16)32-22(35)19-7-4-12-38-19/h2-13,21H,31H2,1H3,(H,32,35)(H,36,37)(H2,30,33,34)/t21?,25-/m0/s1. The van der Waals surface area contributed by atoms with Crippen LogP contribution in [0.2, 0.25) is 0 Å². The minimum atomic E-state index is -4.92. The molecule has 0 bridgehead atoms. The summed E-state index contributed by atoms with van der Waals surface area (Å²) in [7, 11) is 0. The number of para-hydroxylation sites is 1. The zero-order chi connectivity index (χ0) is 28.4. The van der Waals surface area contributed by atoms with E-state index < -0.39 is 35.6 Å². The normalized spacial score (nSPS) is 13.8. The van der Waals surface area contributed by atoms with Gasteiger partial charge in [-0.05, 0) is 30.7 Å². The van der Waals surface area contributed by atoms with Crippen molar-refractivity contribution in [1.29, 1.82) is 0 Å². The summed E-state index contributed by atoms with van der Waals surface area (Å²) in [6.45, 7) is 1.32. The molecule has 0 aliphatic heterocycles. The van der Waals surface area contributed by atoms with Crippen LogP contribution in [0.25, 0.3) is 11.3 Å². The smallest absolute Gasteiger partial charge is 0.429 e. The van der Waals surface area contributed by atoms with Gasteiger partial charge in [0.1, 0.15) is 5.54 Å². The van der Waals surface area contributed by atoms with Crippen LogP contribution in [0.1, 0.15) is 34.7 Å². The predicted octanol–water partition coefficient (Wildman–Crippen LogP) is 4.51. The number of nitrogens with zero attached hydrogens (tertiary/aromatic N) is 2. The first-order valence-corrected chi connectivity index (χ1v) is 11.3. The van der Waals surface area contributed by atoms with Crippen molar-refractivity contribution in [3.05, 3.63) is 89.9 Å². The highest BCUT2D eigenvalue weighted by Crippen LogP contribution is 2.40. The Labute approximate surface area is 219 Å². The number of halogens is 3. The molecule has 0 saturated carbocycles. The van der Waals surface area contributed by atoms with Crippen molar-refractivity contribution in [3.8, 4) is 17.1 Å². The molecule has 2 atom stereocenters. The van der Waals surface area contributed by atoms with Crippen LogP contribution < -0.4 is 21.5 Å². The number of nitrogens with one attached hydrogen (secondary N) is 1. The second-order valence-electron chi connectivity index (χ2n) is 8.59. The van der Waals surface area contributed by atoms with E-state index in [2.05, 4.69) is 15.3 Å². The van der Waals surface area contributed by atoms with Gasteiger partial charge in [-0.1, -0.05) is 42.5 Å². The fraction of sp³-hybridized carbons (Fsp3) is 0.154. The SMILES string of the molecule is C[C@@](N)(C(=O)O)c1ccc(-c2cc(OC(c3ccccc3NC(=O)c3ccco3)C(F)(F)F)nc(N)n2)cc1. The lowest BCUT2D eigenvalue weighted by atomic mass is 9.92. The molecule has 1 unspecified atom stereocenters. The Morgan fingerprint density at radius 1 is 1.05 bits per heavy atom. The molecule has 1 amide bonds. The van der Waals surface area contributed by atoms with Crippen molar-refractivity contribution in [2.75, 3.05) is 11.1 Å².